The van der Waals surface area contributed by atoms with Gasteiger partial charge in [-0.25, -0.2) is 5.09 Å². The van der Waals surface area contributed by atoms with E-state index >= 15 is 0 Å². The van der Waals surface area contributed by atoms with E-state index in [4.69, 9.17) is 4.74 Å². The Labute approximate surface area is 180 Å². The summed E-state index contributed by atoms with van der Waals surface area (Å²) in [5.74, 6) is 4.12. The Morgan fingerprint density at radius 3 is 1.83 bits per heavy atom. The van der Waals surface area contributed by atoms with Gasteiger partial charge in [-0.1, -0.05) is 80.2 Å². The van der Waals surface area contributed by atoms with Crippen molar-refractivity contribution in [1.82, 2.24) is 5.09 Å². The molecule has 0 heterocycles. The molecule has 0 amide bonds. The predicted molar refractivity (Wildman–Crippen MR) is 130 cm³/mol. The lowest BCUT2D eigenvalue weighted by molar-refractivity contribution is 0.407. The molecule has 3 rings (SSSR count). The minimum atomic E-state index is -3.15. The zero-order valence-electron chi connectivity index (χ0n) is 17.9. The van der Waals surface area contributed by atoms with Gasteiger partial charge >= 0.3 is 0 Å². The lowest BCUT2D eigenvalue weighted by atomic mass is 10.1. The van der Waals surface area contributed by atoms with Gasteiger partial charge in [-0.2, -0.15) is 0 Å². The highest BCUT2D eigenvalue weighted by molar-refractivity contribution is 7.76. The summed E-state index contributed by atoms with van der Waals surface area (Å²) in [7, 11) is -3.15. The Morgan fingerprint density at radius 2 is 1.33 bits per heavy atom. The molecule has 0 radical (unpaired) electrons. The number of nitrogens with one attached hydrogen (secondary N) is 1. The summed E-state index contributed by atoms with van der Waals surface area (Å²) in [4.78, 5) is 0. The zero-order chi connectivity index (χ0) is 21.6. The molecule has 154 valence electrons. The molecule has 0 aliphatic carbocycles. The smallest absolute Gasteiger partial charge is 0.205 e. The Kier molecular flexibility index (Phi) is 7.00. The maximum atomic E-state index is 14.5. The average molecular weight is 434 g/mol. The lowest BCUT2D eigenvalue weighted by Gasteiger charge is -2.26. The third-order valence-corrected chi connectivity index (χ3v) is 8.16. The van der Waals surface area contributed by atoms with Crippen molar-refractivity contribution < 1.29 is 9.30 Å². The highest BCUT2D eigenvalue weighted by atomic mass is 31.2. The van der Waals surface area contributed by atoms with Gasteiger partial charge in [-0.3, -0.25) is 4.57 Å². The summed E-state index contributed by atoms with van der Waals surface area (Å²) < 4.78 is 20.1. The van der Waals surface area contributed by atoms with Gasteiger partial charge in [0.25, 0.3) is 0 Å². The van der Waals surface area contributed by atoms with E-state index in [0.717, 1.165) is 21.9 Å². The summed E-state index contributed by atoms with van der Waals surface area (Å²) in [6.07, 6.45) is 0. The van der Waals surface area contributed by atoms with Crippen molar-refractivity contribution in [3.63, 3.8) is 0 Å². The van der Waals surface area contributed by atoms with Crippen molar-refractivity contribution in [2.24, 2.45) is 0 Å². The van der Waals surface area contributed by atoms with E-state index in [1.807, 2.05) is 84.9 Å². The van der Waals surface area contributed by atoms with Crippen molar-refractivity contribution >= 4 is 26.0 Å². The van der Waals surface area contributed by atoms with Crippen LogP contribution >= 0.6 is 7.29 Å². The van der Waals surface area contributed by atoms with E-state index in [-0.39, 0.29) is 0 Å². The van der Waals surface area contributed by atoms with E-state index < -0.39 is 21.4 Å². The average Bonchev–Trinajstić information content (AvgIpc) is 2.77. The molecular formula is C25H28NO2PSi. The van der Waals surface area contributed by atoms with Crippen LogP contribution in [0.3, 0.4) is 0 Å². The van der Waals surface area contributed by atoms with Crippen molar-refractivity contribution in [1.29, 1.82) is 0 Å². The topological polar surface area (TPSA) is 38.3 Å². The predicted octanol–water partition coefficient (Wildman–Crippen LogP) is 5.14. The third-order valence-electron chi connectivity index (χ3n) is 4.59. The molecule has 0 spiro atoms. The van der Waals surface area contributed by atoms with Crippen LogP contribution in [-0.4, -0.2) is 15.2 Å². The molecule has 3 aromatic rings. The third kappa shape index (κ3) is 5.32. The molecule has 0 saturated carbocycles. The number of hydrogen-bond donors (Lipinski definition) is 1. The van der Waals surface area contributed by atoms with Crippen LogP contribution < -0.4 is 20.4 Å². The van der Waals surface area contributed by atoms with Crippen molar-refractivity contribution in [2.45, 2.75) is 25.7 Å². The van der Waals surface area contributed by atoms with Crippen LogP contribution in [0.5, 0.6) is 5.75 Å². The first-order chi connectivity index (χ1) is 14.3. The van der Waals surface area contributed by atoms with Gasteiger partial charge in [0.05, 0.1) is 7.11 Å². The quantitative estimate of drug-likeness (QED) is 0.333. The molecule has 0 saturated heterocycles. The van der Waals surface area contributed by atoms with Crippen LogP contribution in [0.15, 0.2) is 84.9 Å². The number of hydrogen-bond acceptors (Lipinski definition) is 2. The Bertz CT molecular complexity index is 1040. The van der Waals surface area contributed by atoms with Gasteiger partial charge in [-0.15, -0.1) is 5.54 Å². The highest BCUT2D eigenvalue weighted by Crippen LogP contribution is 2.42. The zero-order valence-corrected chi connectivity index (χ0v) is 19.8. The first kappa shape index (κ1) is 22.1. The Hall–Kier alpha value is -2.57. The van der Waals surface area contributed by atoms with Crippen LogP contribution in [0.2, 0.25) is 19.6 Å². The summed E-state index contributed by atoms with van der Waals surface area (Å²) in [5, 5.41) is 4.96. The second-order valence-corrected chi connectivity index (χ2v) is 15.4. The fraction of sp³-hybridized carbons (Fsp3) is 0.200. The van der Waals surface area contributed by atoms with E-state index in [1.165, 1.54) is 0 Å². The summed E-state index contributed by atoms with van der Waals surface area (Å²) in [6, 6.07) is 26.5. The summed E-state index contributed by atoms with van der Waals surface area (Å²) in [6.45, 7) is 6.60. The van der Waals surface area contributed by atoms with Crippen molar-refractivity contribution in [3.8, 4) is 17.2 Å². The maximum Gasteiger partial charge on any atom is 0.205 e. The second kappa shape index (κ2) is 9.49. The molecule has 3 aromatic carbocycles. The first-order valence-electron chi connectivity index (χ1n) is 9.98. The Morgan fingerprint density at radius 1 is 0.833 bits per heavy atom. The largest absolute Gasteiger partial charge is 0.496 e. The minimum Gasteiger partial charge on any atom is -0.496 e. The number of methoxy groups -OCH3 is 1. The van der Waals surface area contributed by atoms with Crippen LogP contribution in [0, 0.1) is 11.5 Å². The van der Waals surface area contributed by atoms with Gasteiger partial charge in [0.1, 0.15) is 19.9 Å². The molecule has 1 atom stereocenters. The summed E-state index contributed by atoms with van der Waals surface area (Å²) >= 11 is 0. The van der Waals surface area contributed by atoms with Gasteiger partial charge in [0, 0.05) is 16.2 Å². The van der Waals surface area contributed by atoms with Crippen LogP contribution in [0.4, 0.5) is 0 Å². The molecule has 0 aromatic heterocycles. The molecule has 0 aliphatic rings. The molecule has 0 fully saturated rings. The van der Waals surface area contributed by atoms with Crippen LogP contribution in [-0.2, 0) is 4.57 Å². The van der Waals surface area contributed by atoms with E-state index in [9.17, 15) is 4.57 Å². The van der Waals surface area contributed by atoms with Gasteiger partial charge < -0.3 is 4.74 Å². The molecule has 30 heavy (non-hydrogen) atoms. The fourth-order valence-electron chi connectivity index (χ4n) is 3.13. The summed E-state index contributed by atoms with van der Waals surface area (Å²) in [5.41, 5.74) is 4.33. The molecule has 1 N–H and O–H groups in total. The van der Waals surface area contributed by atoms with Crippen molar-refractivity contribution in [3.05, 3.63) is 90.5 Å². The lowest BCUT2D eigenvalue weighted by Crippen LogP contribution is -2.30. The van der Waals surface area contributed by atoms with E-state index in [2.05, 4.69) is 36.2 Å². The highest BCUT2D eigenvalue weighted by Gasteiger charge is 2.31. The number of rotatable bonds is 6. The molecular weight excluding hydrogens is 405 g/mol. The monoisotopic (exact) mass is 433 g/mol. The van der Waals surface area contributed by atoms with Crippen molar-refractivity contribution in [2.75, 3.05) is 7.11 Å². The van der Waals surface area contributed by atoms with Crippen LogP contribution in [0.25, 0.3) is 0 Å². The minimum absolute atomic E-state index is 0.431. The first-order valence-corrected chi connectivity index (χ1v) is 15.2. The maximum absolute atomic E-state index is 14.5. The molecule has 3 nitrogen and oxygen atoms in total. The standard InChI is InChI=1S/C25H28NO2PSi/c1-28-25-18-12-11-17-23(25)24(19-20-30(2,3)4)26-29(27,21-13-7-5-8-14-21)22-15-9-6-10-16-22/h5-18,24H,1-4H3,(H,26,27)/t24-/m1/s1. The molecule has 5 heteroatoms. The normalized spacial score (nSPS) is 12.5. The fourth-order valence-corrected chi connectivity index (χ4v) is 6.05. The van der Waals surface area contributed by atoms with Crippen LogP contribution in [0.1, 0.15) is 11.6 Å². The molecule has 0 aliphatic heterocycles. The number of ether oxygens (including phenoxy) is 1. The SMILES string of the molecule is COc1ccccc1[C@@H](C#C[Si](C)(C)C)NP(=O)(c1ccccc1)c1ccccc1. The number of para-hydroxylation sites is 1. The molecule has 0 bridgehead atoms. The second-order valence-electron chi connectivity index (χ2n) is 8.10. The van der Waals surface area contributed by atoms with Gasteiger partial charge in [0.2, 0.25) is 7.29 Å². The van der Waals surface area contributed by atoms with Gasteiger partial charge in [-0.05, 0) is 30.3 Å². The van der Waals surface area contributed by atoms with Gasteiger partial charge in [0.15, 0.2) is 0 Å². The molecule has 0 unspecified atom stereocenters. The number of benzene rings is 3. The van der Waals surface area contributed by atoms with E-state index in [0.29, 0.717) is 0 Å². The Balaban J connectivity index is 2.16. The van der Waals surface area contributed by atoms with E-state index in [1.54, 1.807) is 7.11 Å².